The lowest BCUT2D eigenvalue weighted by molar-refractivity contribution is -0.135. The van der Waals surface area contributed by atoms with Gasteiger partial charge >= 0.3 is 0 Å². The van der Waals surface area contributed by atoms with Crippen LogP contribution in [0, 0.1) is 11.3 Å². The fourth-order valence-electron chi connectivity index (χ4n) is 5.24. The summed E-state index contributed by atoms with van der Waals surface area (Å²) in [5.74, 6) is 1.44. The third kappa shape index (κ3) is 3.75. The number of aromatic nitrogens is 2. The number of aryl methyl sites for hydroxylation is 1. The average Bonchev–Trinajstić information content (AvgIpc) is 3.38. The standard InChI is InChI=1S/C24H30N4O2/c29-22(8-7-18-5-2-1-3-6-18)26-21-9-14-25-28(21)19-10-15-27(16-11-19)23(30)20-17-24(20)12-4-13-24/h1-3,5-6,9,14,19-20H,4,7-8,10-13,15-17H2,(H,26,29)/t20-/m0/s1. The number of rotatable bonds is 6. The third-order valence-corrected chi connectivity index (χ3v) is 7.38. The van der Waals surface area contributed by atoms with E-state index in [1.54, 1.807) is 6.20 Å². The average molecular weight is 407 g/mol. The number of carbonyl (C=O) groups excluding carboxylic acids is 2. The molecule has 0 bridgehead atoms. The number of likely N-dealkylation sites (tertiary alicyclic amines) is 1. The van der Waals surface area contributed by atoms with Gasteiger partial charge in [-0.2, -0.15) is 5.10 Å². The van der Waals surface area contributed by atoms with E-state index in [2.05, 4.69) is 15.3 Å². The van der Waals surface area contributed by atoms with Crippen molar-refractivity contribution in [1.82, 2.24) is 14.7 Å². The molecule has 6 nitrogen and oxygen atoms in total. The lowest BCUT2D eigenvalue weighted by atomic mass is 9.79. The Kier molecular flexibility index (Phi) is 5.09. The van der Waals surface area contributed by atoms with E-state index in [-0.39, 0.29) is 11.9 Å². The molecule has 1 N–H and O–H groups in total. The number of amides is 2. The Labute approximate surface area is 177 Å². The number of piperidine rings is 1. The molecule has 1 spiro atoms. The van der Waals surface area contributed by atoms with Gasteiger partial charge in [0.25, 0.3) is 0 Å². The second-order valence-corrected chi connectivity index (χ2v) is 9.22. The molecular formula is C24H30N4O2. The minimum absolute atomic E-state index is 0.00717. The molecule has 1 aromatic heterocycles. The Balaban J connectivity index is 1.13. The largest absolute Gasteiger partial charge is 0.342 e. The van der Waals surface area contributed by atoms with Crippen LogP contribution in [0.3, 0.4) is 0 Å². The maximum absolute atomic E-state index is 12.8. The van der Waals surface area contributed by atoms with Crippen molar-refractivity contribution in [3.63, 3.8) is 0 Å². The molecule has 2 aliphatic carbocycles. The van der Waals surface area contributed by atoms with Crippen LogP contribution in [0.4, 0.5) is 5.82 Å². The van der Waals surface area contributed by atoms with E-state index < -0.39 is 0 Å². The molecule has 1 saturated heterocycles. The molecule has 6 heteroatoms. The van der Waals surface area contributed by atoms with Gasteiger partial charge in [0.15, 0.2) is 0 Å². The van der Waals surface area contributed by atoms with Crippen LogP contribution in [-0.4, -0.2) is 39.6 Å². The van der Waals surface area contributed by atoms with E-state index in [9.17, 15) is 9.59 Å². The number of nitrogens with one attached hydrogen (secondary N) is 1. The highest BCUT2D eigenvalue weighted by Gasteiger charge is 2.61. The summed E-state index contributed by atoms with van der Waals surface area (Å²) in [5, 5.41) is 7.50. The molecule has 158 valence electrons. The first-order valence-electron chi connectivity index (χ1n) is 11.3. The number of nitrogens with zero attached hydrogens (tertiary/aromatic N) is 3. The predicted molar refractivity (Wildman–Crippen MR) is 115 cm³/mol. The molecule has 1 aromatic carbocycles. The number of hydrogen-bond acceptors (Lipinski definition) is 3. The first-order valence-corrected chi connectivity index (χ1v) is 11.3. The van der Waals surface area contributed by atoms with E-state index in [0.717, 1.165) is 50.2 Å². The highest BCUT2D eigenvalue weighted by atomic mass is 16.2. The Morgan fingerprint density at radius 2 is 1.87 bits per heavy atom. The summed E-state index contributed by atoms with van der Waals surface area (Å²) >= 11 is 0. The van der Waals surface area contributed by atoms with Gasteiger partial charge in [-0.3, -0.25) is 9.59 Å². The van der Waals surface area contributed by atoms with Gasteiger partial charge in [-0.15, -0.1) is 0 Å². The molecule has 3 fully saturated rings. The van der Waals surface area contributed by atoms with Crippen LogP contribution >= 0.6 is 0 Å². The molecule has 3 aliphatic rings. The summed E-state index contributed by atoms with van der Waals surface area (Å²) in [6.07, 6.45) is 9.61. The molecule has 2 heterocycles. The molecule has 0 radical (unpaired) electrons. The fraction of sp³-hybridized carbons (Fsp3) is 0.542. The first-order chi connectivity index (χ1) is 14.6. The highest BCUT2D eigenvalue weighted by Crippen LogP contribution is 2.66. The number of carbonyl (C=O) groups is 2. The smallest absolute Gasteiger partial charge is 0.226 e. The Hall–Kier alpha value is -2.63. The topological polar surface area (TPSA) is 67.2 Å². The predicted octanol–water partition coefficient (Wildman–Crippen LogP) is 3.81. The van der Waals surface area contributed by atoms with E-state index in [0.29, 0.717) is 23.7 Å². The van der Waals surface area contributed by atoms with E-state index >= 15 is 0 Å². The van der Waals surface area contributed by atoms with Crippen LogP contribution in [0.2, 0.25) is 0 Å². The van der Waals surface area contributed by atoms with E-state index in [4.69, 9.17) is 0 Å². The van der Waals surface area contributed by atoms with Gasteiger partial charge in [-0.05, 0) is 49.5 Å². The zero-order valence-electron chi connectivity index (χ0n) is 17.4. The number of hydrogen-bond donors (Lipinski definition) is 1. The van der Waals surface area contributed by atoms with Crippen molar-refractivity contribution in [2.75, 3.05) is 18.4 Å². The quantitative estimate of drug-likeness (QED) is 0.793. The van der Waals surface area contributed by atoms with Gasteiger partial charge in [-0.1, -0.05) is 36.8 Å². The molecule has 2 saturated carbocycles. The zero-order chi connectivity index (χ0) is 20.6. The fourth-order valence-corrected chi connectivity index (χ4v) is 5.24. The normalized spacial score (nSPS) is 22.5. The van der Waals surface area contributed by atoms with Crippen molar-refractivity contribution in [3.05, 3.63) is 48.2 Å². The summed E-state index contributed by atoms with van der Waals surface area (Å²) in [6.45, 7) is 1.58. The molecule has 2 amide bonds. The summed E-state index contributed by atoms with van der Waals surface area (Å²) in [5.41, 5.74) is 1.56. The minimum Gasteiger partial charge on any atom is -0.342 e. The van der Waals surface area contributed by atoms with Crippen LogP contribution < -0.4 is 5.32 Å². The number of anilines is 1. The lowest BCUT2D eigenvalue weighted by Crippen LogP contribution is -2.41. The summed E-state index contributed by atoms with van der Waals surface area (Å²) in [4.78, 5) is 27.3. The summed E-state index contributed by atoms with van der Waals surface area (Å²) < 4.78 is 1.94. The van der Waals surface area contributed by atoms with Crippen LogP contribution in [-0.2, 0) is 16.0 Å². The van der Waals surface area contributed by atoms with Crippen LogP contribution in [0.25, 0.3) is 0 Å². The molecule has 1 atom stereocenters. The Morgan fingerprint density at radius 3 is 2.53 bits per heavy atom. The summed E-state index contributed by atoms with van der Waals surface area (Å²) in [7, 11) is 0. The van der Waals surface area contributed by atoms with Gasteiger partial charge in [0.05, 0.1) is 12.2 Å². The van der Waals surface area contributed by atoms with Gasteiger partial charge in [0.2, 0.25) is 11.8 Å². The highest BCUT2D eigenvalue weighted by molar-refractivity contribution is 5.90. The molecule has 0 unspecified atom stereocenters. The molecular weight excluding hydrogens is 376 g/mol. The lowest BCUT2D eigenvalue weighted by Gasteiger charge is -2.34. The van der Waals surface area contributed by atoms with E-state index in [1.165, 1.54) is 19.3 Å². The third-order valence-electron chi connectivity index (χ3n) is 7.38. The Bertz CT molecular complexity index is 910. The molecule has 30 heavy (non-hydrogen) atoms. The second-order valence-electron chi connectivity index (χ2n) is 9.22. The zero-order valence-corrected chi connectivity index (χ0v) is 17.4. The second kappa shape index (κ2) is 7.89. The van der Waals surface area contributed by atoms with E-state index in [1.807, 2.05) is 41.1 Å². The molecule has 5 rings (SSSR count). The van der Waals surface area contributed by atoms with Crippen molar-refractivity contribution in [1.29, 1.82) is 0 Å². The SMILES string of the molecule is O=C(CCc1ccccc1)Nc1ccnn1C1CCN(C(=O)[C@@H]2CC23CCC3)CC1. The minimum atomic E-state index is 0.00717. The van der Waals surface area contributed by atoms with Crippen molar-refractivity contribution in [2.45, 2.75) is 57.4 Å². The van der Waals surface area contributed by atoms with Gasteiger partial charge < -0.3 is 10.2 Å². The maximum Gasteiger partial charge on any atom is 0.226 e. The first kappa shape index (κ1) is 19.3. The van der Waals surface area contributed by atoms with Crippen molar-refractivity contribution in [2.24, 2.45) is 11.3 Å². The van der Waals surface area contributed by atoms with Crippen molar-refractivity contribution < 1.29 is 9.59 Å². The van der Waals surface area contributed by atoms with Crippen LogP contribution in [0.1, 0.15) is 56.6 Å². The van der Waals surface area contributed by atoms with Gasteiger partial charge in [-0.25, -0.2) is 4.68 Å². The maximum atomic E-state index is 12.8. The number of benzene rings is 1. The molecule has 2 aromatic rings. The summed E-state index contributed by atoms with van der Waals surface area (Å²) in [6, 6.07) is 12.1. The van der Waals surface area contributed by atoms with Crippen LogP contribution in [0.5, 0.6) is 0 Å². The van der Waals surface area contributed by atoms with Crippen molar-refractivity contribution >= 4 is 17.6 Å². The van der Waals surface area contributed by atoms with Gasteiger partial charge in [0.1, 0.15) is 5.82 Å². The molecule has 1 aliphatic heterocycles. The van der Waals surface area contributed by atoms with Gasteiger partial charge in [0, 0.05) is 31.5 Å². The Morgan fingerprint density at radius 1 is 1.10 bits per heavy atom. The monoisotopic (exact) mass is 406 g/mol. The van der Waals surface area contributed by atoms with Crippen molar-refractivity contribution in [3.8, 4) is 0 Å². The van der Waals surface area contributed by atoms with Crippen LogP contribution in [0.15, 0.2) is 42.6 Å².